The summed E-state index contributed by atoms with van der Waals surface area (Å²) in [6.45, 7) is -0.565. The van der Waals surface area contributed by atoms with Gasteiger partial charge in [0.2, 0.25) is 0 Å². The number of imide groups is 1. The van der Waals surface area contributed by atoms with Gasteiger partial charge in [0.05, 0.1) is 25.9 Å². The number of hydrogen-bond acceptors (Lipinski definition) is 7. The molecule has 0 atom stereocenters. The number of ether oxygens (including phenoxy) is 1. The molecule has 0 radical (unpaired) electrons. The molecule has 1 aliphatic rings. The van der Waals surface area contributed by atoms with Crippen molar-refractivity contribution in [1.29, 1.82) is 0 Å². The van der Waals surface area contributed by atoms with E-state index in [0.717, 1.165) is 17.0 Å². The van der Waals surface area contributed by atoms with Crippen LogP contribution >= 0.6 is 0 Å². The van der Waals surface area contributed by atoms with Gasteiger partial charge in [-0.15, -0.1) is 0 Å². The fraction of sp³-hybridized carbons (Fsp3) is 0.231. The van der Waals surface area contributed by atoms with Crippen molar-refractivity contribution in [3.8, 4) is 5.75 Å². The van der Waals surface area contributed by atoms with Gasteiger partial charge in [-0.1, -0.05) is 0 Å². The van der Waals surface area contributed by atoms with Crippen LogP contribution in [0.3, 0.4) is 0 Å². The third kappa shape index (κ3) is 3.50. The molecule has 10 heteroatoms. The summed E-state index contributed by atoms with van der Waals surface area (Å²) < 4.78 is 37.1. The number of hydrogen-bond donors (Lipinski definition) is 3. The van der Waals surface area contributed by atoms with Crippen molar-refractivity contribution in [2.75, 3.05) is 25.6 Å². The maximum absolute atomic E-state index is 12.0. The highest BCUT2D eigenvalue weighted by molar-refractivity contribution is 7.86. The highest BCUT2D eigenvalue weighted by Gasteiger charge is 2.31. The van der Waals surface area contributed by atoms with Crippen LogP contribution < -0.4 is 10.1 Å². The Morgan fingerprint density at radius 1 is 1.30 bits per heavy atom. The Labute approximate surface area is 131 Å². The van der Waals surface area contributed by atoms with Crippen LogP contribution in [0.5, 0.6) is 5.75 Å². The third-order valence-corrected chi connectivity index (χ3v) is 3.96. The van der Waals surface area contributed by atoms with Gasteiger partial charge in [-0.3, -0.25) is 19.0 Å². The molecule has 23 heavy (non-hydrogen) atoms. The van der Waals surface area contributed by atoms with E-state index in [4.69, 9.17) is 9.84 Å². The van der Waals surface area contributed by atoms with Crippen LogP contribution in [-0.4, -0.2) is 55.1 Å². The topological polar surface area (TPSA) is 133 Å². The Hall–Kier alpha value is -2.43. The fourth-order valence-corrected chi connectivity index (χ4v) is 2.66. The SMILES string of the molecule is COc1ccc(NC2=CC(=O)N(CCO)C2=O)c(S(=O)(=O)O)c1. The molecule has 0 aromatic heterocycles. The average Bonchev–Trinajstić information content (AvgIpc) is 2.74. The Bertz CT molecular complexity index is 786. The molecule has 0 saturated heterocycles. The van der Waals surface area contributed by atoms with Crippen LogP contribution in [0.2, 0.25) is 0 Å². The molecule has 0 aliphatic carbocycles. The Morgan fingerprint density at radius 3 is 2.57 bits per heavy atom. The van der Waals surface area contributed by atoms with E-state index in [9.17, 15) is 22.6 Å². The van der Waals surface area contributed by atoms with Crippen LogP contribution in [0.4, 0.5) is 5.69 Å². The molecule has 1 aliphatic heterocycles. The zero-order chi connectivity index (χ0) is 17.2. The summed E-state index contributed by atoms with van der Waals surface area (Å²) in [5.74, 6) is -1.15. The van der Waals surface area contributed by atoms with E-state index in [1.807, 2.05) is 0 Å². The third-order valence-electron chi connectivity index (χ3n) is 3.07. The molecule has 1 aromatic rings. The molecule has 1 aromatic carbocycles. The lowest BCUT2D eigenvalue weighted by atomic mass is 10.3. The molecule has 2 rings (SSSR count). The van der Waals surface area contributed by atoms with Gasteiger partial charge in [0.1, 0.15) is 16.3 Å². The average molecular weight is 342 g/mol. The molecule has 2 amide bonds. The van der Waals surface area contributed by atoms with E-state index >= 15 is 0 Å². The first-order valence-corrected chi connectivity index (χ1v) is 7.83. The van der Waals surface area contributed by atoms with Gasteiger partial charge in [0, 0.05) is 12.1 Å². The van der Waals surface area contributed by atoms with Crippen molar-refractivity contribution in [2.45, 2.75) is 4.90 Å². The number of amides is 2. The Balaban J connectivity index is 2.36. The number of carbonyl (C=O) groups is 2. The number of methoxy groups -OCH3 is 1. The molecule has 0 saturated carbocycles. The van der Waals surface area contributed by atoms with Gasteiger partial charge in [0.25, 0.3) is 21.9 Å². The van der Waals surface area contributed by atoms with Crippen LogP contribution in [-0.2, 0) is 19.7 Å². The maximum Gasteiger partial charge on any atom is 0.296 e. The minimum Gasteiger partial charge on any atom is -0.497 e. The first kappa shape index (κ1) is 16.9. The molecule has 124 valence electrons. The molecule has 0 bridgehead atoms. The largest absolute Gasteiger partial charge is 0.497 e. The molecule has 0 spiro atoms. The predicted molar refractivity (Wildman–Crippen MR) is 78.3 cm³/mol. The normalized spacial score (nSPS) is 14.9. The van der Waals surface area contributed by atoms with Crippen molar-refractivity contribution in [3.63, 3.8) is 0 Å². The quantitative estimate of drug-likeness (QED) is 0.470. The molecule has 0 fully saturated rings. The number of aliphatic hydroxyl groups is 1. The minimum atomic E-state index is -4.58. The van der Waals surface area contributed by atoms with Crippen LogP contribution in [0.15, 0.2) is 34.9 Å². The van der Waals surface area contributed by atoms with E-state index in [1.165, 1.54) is 19.2 Å². The maximum atomic E-state index is 12.0. The summed E-state index contributed by atoms with van der Waals surface area (Å²) in [5.41, 5.74) is -0.259. The molecular formula is C13H14N2O7S. The van der Waals surface area contributed by atoms with Crippen LogP contribution in [0.25, 0.3) is 0 Å². The number of carbonyl (C=O) groups excluding carboxylic acids is 2. The number of nitrogens with zero attached hydrogens (tertiary/aromatic N) is 1. The van der Waals surface area contributed by atoms with Gasteiger partial charge in [-0.2, -0.15) is 8.42 Å². The summed E-state index contributed by atoms with van der Waals surface area (Å²) in [6, 6.07) is 3.78. The summed E-state index contributed by atoms with van der Waals surface area (Å²) in [4.78, 5) is 24.0. The van der Waals surface area contributed by atoms with Gasteiger partial charge in [-0.25, -0.2) is 0 Å². The number of aliphatic hydroxyl groups excluding tert-OH is 1. The number of rotatable bonds is 6. The number of β-amino-alcohol motifs (C(OH)–C–C–N with tert-alkyl or cyclic N) is 1. The van der Waals surface area contributed by atoms with Gasteiger partial charge >= 0.3 is 0 Å². The zero-order valence-corrected chi connectivity index (χ0v) is 12.8. The van der Waals surface area contributed by atoms with Gasteiger partial charge in [0.15, 0.2) is 0 Å². The Morgan fingerprint density at radius 2 is 2.00 bits per heavy atom. The summed E-state index contributed by atoms with van der Waals surface area (Å²) >= 11 is 0. The van der Waals surface area contributed by atoms with E-state index in [-0.39, 0.29) is 23.7 Å². The van der Waals surface area contributed by atoms with Crippen molar-refractivity contribution in [3.05, 3.63) is 30.0 Å². The zero-order valence-electron chi connectivity index (χ0n) is 12.0. The second kappa shape index (κ2) is 6.36. The lowest BCUT2D eigenvalue weighted by Gasteiger charge is -2.14. The first-order valence-electron chi connectivity index (χ1n) is 6.39. The number of nitrogens with one attached hydrogen (secondary N) is 1. The lowest BCUT2D eigenvalue weighted by Crippen LogP contribution is -2.34. The highest BCUT2D eigenvalue weighted by Crippen LogP contribution is 2.28. The minimum absolute atomic E-state index is 0.0912. The van der Waals surface area contributed by atoms with Crippen molar-refractivity contribution in [1.82, 2.24) is 4.90 Å². The summed E-state index contributed by atoms with van der Waals surface area (Å²) in [7, 11) is -3.26. The summed E-state index contributed by atoms with van der Waals surface area (Å²) in [6.07, 6.45) is 0.982. The molecule has 0 unspecified atom stereocenters. The van der Waals surface area contributed by atoms with Crippen molar-refractivity contribution < 1.29 is 32.4 Å². The fourth-order valence-electron chi connectivity index (χ4n) is 2.00. The van der Waals surface area contributed by atoms with E-state index < -0.39 is 33.4 Å². The molecular weight excluding hydrogens is 328 g/mol. The molecule has 3 N–H and O–H groups in total. The molecule has 1 heterocycles. The number of anilines is 1. The molecule has 9 nitrogen and oxygen atoms in total. The van der Waals surface area contributed by atoms with E-state index in [1.54, 1.807) is 0 Å². The monoisotopic (exact) mass is 342 g/mol. The first-order chi connectivity index (χ1) is 10.8. The summed E-state index contributed by atoms with van der Waals surface area (Å²) in [5, 5.41) is 11.3. The van der Waals surface area contributed by atoms with E-state index in [0.29, 0.717) is 0 Å². The predicted octanol–water partition coefficient (Wildman–Crippen LogP) is -0.401. The van der Waals surface area contributed by atoms with Crippen LogP contribution in [0.1, 0.15) is 0 Å². The second-order valence-electron chi connectivity index (χ2n) is 4.54. The standard InChI is InChI=1S/C13H14N2O7S/c1-22-8-2-3-9(11(6-8)23(19,20)21)14-10-7-12(17)15(4-5-16)13(10)18/h2-3,6-7,14,16H,4-5H2,1H3,(H,19,20,21). The van der Waals surface area contributed by atoms with Gasteiger partial charge < -0.3 is 15.2 Å². The second-order valence-corrected chi connectivity index (χ2v) is 5.93. The highest BCUT2D eigenvalue weighted by atomic mass is 32.2. The van der Waals surface area contributed by atoms with Crippen LogP contribution in [0, 0.1) is 0 Å². The smallest absolute Gasteiger partial charge is 0.296 e. The van der Waals surface area contributed by atoms with Crippen molar-refractivity contribution >= 4 is 27.6 Å². The number of benzene rings is 1. The van der Waals surface area contributed by atoms with Gasteiger partial charge in [-0.05, 0) is 12.1 Å². The lowest BCUT2D eigenvalue weighted by molar-refractivity contribution is -0.137. The van der Waals surface area contributed by atoms with Crippen molar-refractivity contribution in [2.24, 2.45) is 0 Å². The Kier molecular flexibility index (Phi) is 4.68. The van der Waals surface area contributed by atoms with E-state index in [2.05, 4.69) is 5.32 Å².